The molecule has 3 unspecified atom stereocenters. The molecule has 5 atom stereocenters. The van der Waals surface area contributed by atoms with Crippen LogP contribution in [0.15, 0.2) is 0 Å². The Kier molecular flexibility index (Phi) is 12.9. The van der Waals surface area contributed by atoms with Crippen LogP contribution in [0.1, 0.15) is 78.1 Å². The van der Waals surface area contributed by atoms with E-state index in [2.05, 4.69) is 5.32 Å². The fourth-order valence-corrected chi connectivity index (χ4v) is 3.78. The van der Waals surface area contributed by atoms with Gasteiger partial charge < -0.3 is 30.5 Å². The molecule has 1 heterocycles. The van der Waals surface area contributed by atoms with E-state index in [0.29, 0.717) is 6.42 Å². The number of aliphatic hydroxyl groups excluding tert-OH is 4. The summed E-state index contributed by atoms with van der Waals surface area (Å²) >= 11 is 0. The first kappa shape index (κ1) is 25.3. The Morgan fingerprint density at radius 3 is 1.93 bits per heavy atom. The van der Waals surface area contributed by atoms with Gasteiger partial charge in [0.1, 0.15) is 18.3 Å². The summed E-state index contributed by atoms with van der Waals surface area (Å²) in [7, 11) is 0. The maximum atomic E-state index is 12.3. The summed E-state index contributed by atoms with van der Waals surface area (Å²) in [5.41, 5.74) is 0. The molecule has 1 aliphatic rings. The number of carbonyl (C=O) groups excluding carboxylic acids is 1. The van der Waals surface area contributed by atoms with Crippen LogP contribution in [0.3, 0.4) is 0 Å². The van der Waals surface area contributed by atoms with Crippen molar-refractivity contribution in [1.29, 1.82) is 0 Å². The summed E-state index contributed by atoms with van der Waals surface area (Å²) in [6, 6.07) is -0.677. The van der Waals surface area contributed by atoms with Crippen molar-refractivity contribution in [2.45, 2.75) is 109 Å². The van der Waals surface area contributed by atoms with Crippen LogP contribution in [-0.2, 0) is 9.53 Å². The van der Waals surface area contributed by atoms with Crippen LogP contribution >= 0.6 is 0 Å². The maximum Gasteiger partial charge on any atom is 0.220 e. The van der Waals surface area contributed by atoms with Crippen molar-refractivity contribution >= 4 is 5.91 Å². The lowest BCUT2D eigenvalue weighted by Crippen LogP contribution is -2.65. The maximum absolute atomic E-state index is 12.3. The van der Waals surface area contributed by atoms with Crippen molar-refractivity contribution in [2.24, 2.45) is 5.92 Å². The second kappa shape index (κ2) is 14.3. The molecule has 1 saturated heterocycles. The monoisotopic (exact) mass is 403 g/mol. The normalized spacial score (nSPS) is 27.9. The smallest absolute Gasteiger partial charge is 0.220 e. The highest BCUT2D eigenvalue weighted by Gasteiger charge is 2.45. The number of nitrogens with one attached hydrogen (secondary N) is 1. The van der Waals surface area contributed by atoms with Gasteiger partial charge >= 0.3 is 0 Å². The van der Waals surface area contributed by atoms with Gasteiger partial charge in [0.05, 0.1) is 18.8 Å². The third kappa shape index (κ3) is 8.74. The average molecular weight is 404 g/mol. The Labute approximate surface area is 169 Å². The van der Waals surface area contributed by atoms with Crippen LogP contribution in [0.2, 0.25) is 0 Å². The van der Waals surface area contributed by atoms with E-state index in [1.165, 1.54) is 25.7 Å². The third-order valence-corrected chi connectivity index (χ3v) is 5.51. The fraction of sp³-hybridized carbons (Fsp3) is 0.952. The summed E-state index contributed by atoms with van der Waals surface area (Å²) in [5.74, 6) is -0.115. The molecule has 1 rings (SSSR count). The fourth-order valence-electron chi connectivity index (χ4n) is 3.78. The summed E-state index contributed by atoms with van der Waals surface area (Å²) in [6.07, 6.45) is 6.36. The van der Waals surface area contributed by atoms with E-state index < -0.39 is 30.5 Å². The first-order chi connectivity index (χ1) is 13.4. The van der Waals surface area contributed by atoms with Gasteiger partial charge in [-0.05, 0) is 18.8 Å². The summed E-state index contributed by atoms with van der Waals surface area (Å²) in [6.45, 7) is 3.76. The number of hydrogen-bond acceptors (Lipinski definition) is 6. The molecule has 1 fully saturated rings. The molecule has 0 aliphatic carbocycles. The molecular weight excluding hydrogens is 362 g/mol. The van der Waals surface area contributed by atoms with Crippen LogP contribution < -0.4 is 5.32 Å². The van der Waals surface area contributed by atoms with Gasteiger partial charge in [0.15, 0.2) is 0 Å². The molecular formula is C21H41NO6. The van der Waals surface area contributed by atoms with Gasteiger partial charge in [-0.15, -0.1) is 0 Å². The van der Waals surface area contributed by atoms with Gasteiger partial charge in [0.2, 0.25) is 5.91 Å². The molecule has 0 saturated carbocycles. The topological polar surface area (TPSA) is 119 Å². The molecule has 1 aliphatic heterocycles. The second-order valence-corrected chi connectivity index (χ2v) is 8.30. The minimum absolute atomic E-state index is 0.0267. The third-order valence-electron chi connectivity index (χ3n) is 5.51. The van der Waals surface area contributed by atoms with E-state index in [9.17, 15) is 20.1 Å². The zero-order valence-corrected chi connectivity index (χ0v) is 17.6. The summed E-state index contributed by atoms with van der Waals surface area (Å²) in [4.78, 5) is 12.3. The highest BCUT2D eigenvalue weighted by atomic mass is 16.5. The molecule has 7 heteroatoms. The lowest BCUT2D eigenvalue weighted by molar-refractivity contribution is -0.204. The van der Waals surface area contributed by atoms with Crippen molar-refractivity contribution in [3.8, 4) is 0 Å². The van der Waals surface area contributed by atoms with Gasteiger partial charge in [-0.1, -0.05) is 58.8 Å². The van der Waals surface area contributed by atoms with Gasteiger partial charge in [-0.2, -0.15) is 0 Å². The first-order valence-electron chi connectivity index (χ1n) is 10.9. The number of hydrogen-bond donors (Lipinski definition) is 5. The molecule has 7 nitrogen and oxygen atoms in total. The summed E-state index contributed by atoms with van der Waals surface area (Å²) < 4.78 is 5.71. The number of rotatable bonds is 14. The minimum Gasteiger partial charge on any atom is -0.396 e. The number of amides is 1. The Bertz CT molecular complexity index is 420. The van der Waals surface area contributed by atoms with Crippen LogP contribution in [0.25, 0.3) is 0 Å². The van der Waals surface area contributed by atoms with E-state index in [1.807, 2.05) is 13.8 Å². The highest BCUT2D eigenvalue weighted by molar-refractivity contribution is 5.76. The van der Waals surface area contributed by atoms with Crippen LogP contribution in [0.4, 0.5) is 0 Å². The predicted molar refractivity (Wildman–Crippen MR) is 108 cm³/mol. The highest BCUT2D eigenvalue weighted by Crippen LogP contribution is 2.26. The minimum atomic E-state index is -1.22. The largest absolute Gasteiger partial charge is 0.396 e. The van der Waals surface area contributed by atoms with E-state index >= 15 is 0 Å². The van der Waals surface area contributed by atoms with E-state index in [-0.39, 0.29) is 25.0 Å². The van der Waals surface area contributed by atoms with Crippen molar-refractivity contribution < 1.29 is 30.0 Å². The van der Waals surface area contributed by atoms with Crippen molar-refractivity contribution in [1.82, 2.24) is 5.32 Å². The molecule has 1 amide bonds. The Morgan fingerprint density at radius 1 is 0.893 bits per heavy atom. The Morgan fingerprint density at radius 2 is 1.43 bits per heavy atom. The molecule has 5 N–H and O–H groups in total. The van der Waals surface area contributed by atoms with Gasteiger partial charge in [0.25, 0.3) is 0 Å². The van der Waals surface area contributed by atoms with Gasteiger partial charge in [-0.25, -0.2) is 0 Å². The van der Waals surface area contributed by atoms with Gasteiger partial charge in [0, 0.05) is 13.0 Å². The van der Waals surface area contributed by atoms with Crippen molar-refractivity contribution in [3.63, 3.8) is 0 Å². The Hall–Kier alpha value is -0.730. The Balaban J connectivity index is 2.26. The van der Waals surface area contributed by atoms with Crippen molar-refractivity contribution in [3.05, 3.63) is 0 Å². The van der Waals surface area contributed by atoms with Crippen molar-refractivity contribution in [2.75, 3.05) is 13.2 Å². The standard InChI is InChI=1S/C21H41NO6/c1-15(2)21-18(20(27)19(26)16(14-24)28-21)22-17(25)12-10-8-6-4-3-5-7-9-11-13-23/h15-16,18-21,23-24,26-27H,3-14H2,1-2H3,(H,22,25)/t16?,18?,19-,20?,21+/m1/s1. The molecule has 0 bridgehead atoms. The number of ether oxygens (including phenoxy) is 1. The molecule has 166 valence electrons. The van der Waals surface area contributed by atoms with E-state index in [0.717, 1.165) is 32.1 Å². The van der Waals surface area contributed by atoms with E-state index in [1.54, 1.807) is 0 Å². The lowest BCUT2D eigenvalue weighted by Gasteiger charge is -2.44. The molecule has 0 aromatic heterocycles. The predicted octanol–water partition coefficient (Wildman–Crippen LogP) is 1.50. The summed E-state index contributed by atoms with van der Waals surface area (Å²) in [5, 5.41) is 41.3. The number of aliphatic hydroxyl groups is 4. The molecule has 0 aromatic rings. The molecule has 28 heavy (non-hydrogen) atoms. The SMILES string of the molecule is CC(C)[C@@H]1OC(CO)[C@@H](O)C(O)C1NC(=O)CCCCCCCCCCCO. The van der Waals surface area contributed by atoms with Crippen LogP contribution in [0, 0.1) is 5.92 Å². The lowest BCUT2D eigenvalue weighted by atomic mass is 9.87. The van der Waals surface area contributed by atoms with Crippen LogP contribution in [-0.4, -0.2) is 70.0 Å². The molecule has 0 radical (unpaired) electrons. The zero-order valence-electron chi connectivity index (χ0n) is 17.6. The van der Waals surface area contributed by atoms with Gasteiger partial charge in [-0.3, -0.25) is 4.79 Å². The number of carbonyl (C=O) groups is 1. The van der Waals surface area contributed by atoms with Crippen LogP contribution in [0.5, 0.6) is 0 Å². The van der Waals surface area contributed by atoms with E-state index in [4.69, 9.17) is 9.84 Å². The zero-order chi connectivity index (χ0) is 20.9. The molecule has 0 spiro atoms. The quantitative estimate of drug-likeness (QED) is 0.281. The second-order valence-electron chi connectivity index (χ2n) is 8.30. The first-order valence-corrected chi connectivity index (χ1v) is 10.9. The molecule has 0 aromatic carbocycles. The average Bonchev–Trinajstić information content (AvgIpc) is 2.67. The number of unbranched alkanes of at least 4 members (excludes halogenated alkanes) is 8.